The highest BCUT2D eigenvalue weighted by molar-refractivity contribution is 7.21. The van der Waals surface area contributed by atoms with Gasteiger partial charge in [0.1, 0.15) is 9.88 Å². The maximum atomic E-state index is 12.8. The Labute approximate surface area is 142 Å². The van der Waals surface area contributed by atoms with E-state index in [-0.39, 0.29) is 11.9 Å². The lowest BCUT2D eigenvalue weighted by molar-refractivity contribution is 0.0677. The molecule has 5 nitrogen and oxygen atoms in total. The van der Waals surface area contributed by atoms with Crippen molar-refractivity contribution in [1.82, 2.24) is 19.7 Å². The van der Waals surface area contributed by atoms with Gasteiger partial charge in [0.15, 0.2) is 0 Å². The molecule has 3 aromatic rings. The zero-order valence-corrected chi connectivity index (χ0v) is 14.1. The molecule has 4 rings (SSSR count). The summed E-state index contributed by atoms with van der Waals surface area (Å²) in [6.07, 6.45) is 7.54. The SMILES string of the molecule is O=C(c1cnc(-c2cccs2)s1)N1CCC[C@H](n2cccn2)C1. The molecule has 0 unspecified atom stereocenters. The number of amides is 1. The van der Waals surface area contributed by atoms with Crippen LogP contribution in [0.1, 0.15) is 28.6 Å². The van der Waals surface area contributed by atoms with Gasteiger partial charge in [-0.25, -0.2) is 4.98 Å². The molecule has 3 aromatic heterocycles. The molecule has 1 aliphatic heterocycles. The van der Waals surface area contributed by atoms with Crippen molar-refractivity contribution in [1.29, 1.82) is 0 Å². The van der Waals surface area contributed by atoms with E-state index in [9.17, 15) is 4.79 Å². The lowest BCUT2D eigenvalue weighted by Gasteiger charge is -2.32. The van der Waals surface area contributed by atoms with E-state index in [2.05, 4.69) is 10.1 Å². The fraction of sp³-hybridized carbons (Fsp3) is 0.312. The summed E-state index contributed by atoms with van der Waals surface area (Å²) in [6, 6.07) is 6.23. The number of aromatic nitrogens is 3. The van der Waals surface area contributed by atoms with Crippen molar-refractivity contribution in [3.05, 3.63) is 47.0 Å². The Balaban J connectivity index is 1.50. The standard InChI is InChI=1S/C16H16N4OS2/c21-16(14-10-17-15(23-14)13-5-2-9-22-13)19-7-1-4-12(11-19)20-8-3-6-18-20/h2-3,5-6,8-10,12H,1,4,7,11H2/t12-/m0/s1. The monoisotopic (exact) mass is 344 g/mol. The van der Waals surface area contributed by atoms with E-state index in [0.717, 1.165) is 34.1 Å². The van der Waals surface area contributed by atoms with Crippen molar-refractivity contribution in [2.24, 2.45) is 0 Å². The summed E-state index contributed by atoms with van der Waals surface area (Å²) in [5.74, 6) is 0.0853. The Hall–Kier alpha value is -1.99. The summed E-state index contributed by atoms with van der Waals surface area (Å²) >= 11 is 3.12. The van der Waals surface area contributed by atoms with Crippen LogP contribution in [0.15, 0.2) is 42.2 Å². The number of carbonyl (C=O) groups excluding carboxylic acids is 1. The number of thiophene rings is 1. The quantitative estimate of drug-likeness (QED) is 0.730. The average Bonchev–Trinajstić information content (AvgIpc) is 3.36. The van der Waals surface area contributed by atoms with Crippen LogP contribution < -0.4 is 0 Å². The molecule has 1 saturated heterocycles. The summed E-state index contributed by atoms with van der Waals surface area (Å²) in [7, 11) is 0. The van der Waals surface area contributed by atoms with Crippen LogP contribution in [0.4, 0.5) is 0 Å². The van der Waals surface area contributed by atoms with Gasteiger partial charge in [-0.2, -0.15) is 5.10 Å². The largest absolute Gasteiger partial charge is 0.336 e. The molecular formula is C16H16N4OS2. The Bertz CT molecular complexity index is 779. The van der Waals surface area contributed by atoms with Crippen LogP contribution in [0.5, 0.6) is 0 Å². The Morgan fingerprint density at radius 2 is 2.30 bits per heavy atom. The van der Waals surface area contributed by atoms with E-state index in [0.29, 0.717) is 6.54 Å². The normalized spacial score (nSPS) is 18.3. The molecule has 23 heavy (non-hydrogen) atoms. The first-order valence-corrected chi connectivity index (χ1v) is 9.29. The van der Waals surface area contributed by atoms with Crippen LogP contribution in [0.2, 0.25) is 0 Å². The lowest BCUT2D eigenvalue weighted by atomic mass is 10.1. The van der Waals surface area contributed by atoms with Gasteiger partial charge >= 0.3 is 0 Å². The highest BCUT2D eigenvalue weighted by atomic mass is 32.1. The van der Waals surface area contributed by atoms with Gasteiger partial charge in [-0.3, -0.25) is 9.48 Å². The summed E-state index contributed by atoms with van der Waals surface area (Å²) in [5.41, 5.74) is 0. The Kier molecular flexibility index (Phi) is 3.97. The van der Waals surface area contributed by atoms with Crippen LogP contribution in [-0.2, 0) is 0 Å². The van der Waals surface area contributed by atoms with E-state index >= 15 is 0 Å². The second kappa shape index (κ2) is 6.25. The van der Waals surface area contributed by atoms with Gasteiger partial charge < -0.3 is 4.90 Å². The van der Waals surface area contributed by atoms with E-state index < -0.39 is 0 Å². The second-order valence-corrected chi connectivity index (χ2v) is 7.52. The van der Waals surface area contributed by atoms with Gasteiger partial charge in [-0.15, -0.1) is 22.7 Å². The Morgan fingerprint density at radius 3 is 3.09 bits per heavy atom. The van der Waals surface area contributed by atoms with E-state index in [1.165, 1.54) is 11.3 Å². The van der Waals surface area contributed by atoms with Crippen molar-refractivity contribution in [2.45, 2.75) is 18.9 Å². The van der Waals surface area contributed by atoms with Crippen molar-refractivity contribution >= 4 is 28.6 Å². The number of hydrogen-bond acceptors (Lipinski definition) is 5. The van der Waals surface area contributed by atoms with E-state index in [4.69, 9.17) is 0 Å². The molecule has 0 saturated carbocycles. The molecule has 118 valence electrons. The molecular weight excluding hydrogens is 328 g/mol. The smallest absolute Gasteiger partial charge is 0.265 e. The molecule has 1 amide bonds. The highest BCUT2D eigenvalue weighted by Crippen LogP contribution is 2.30. The van der Waals surface area contributed by atoms with Crippen LogP contribution >= 0.6 is 22.7 Å². The van der Waals surface area contributed by atoms with Gasteiger partial charge in [-0.1, -0.05) is 6.07 Å². The third-order valence-corrected chi connectivity index (χ3v) is 6.06. The second-order valence-electron chi connectivity index (χ2n) is 5.54. The molecule has 0 radical (unpaired) electrons. The first-order valence-electron chi connectivity index (χ1n) is 7.59. The Morgan fingerprint density at radius 1 is 1.35 bits per heavy atom. The van der Waals surface area contributed by atoms with Gasteiger partial charge in [0, 0.05) is 25.5 Å². The zero-order chi connectivity index (χ0) is 15.6. The van der Waals surface area contributed by atoms with Crippen LogP contribution in [0.3, 0.4) is 0 Å². The lowest BCUT2D eigenvalue weighted by Crippen LogP contribution is -2.40. The molecule has 0 aliphatic carbocycles. The minimum absolute atomic E-state index is 0.0853. The van der Waals surface area contributed by atoms with E-state index in [1.54, 1.807) is 23.7 Å². The number of nitrogens with zero attached hydrogens (tertiary/aromatic N) is 4. The molecule has 1 atom stereocenters. The maximum absolute atomic E-state index is 12.8. The van der Waals surface area contributed by atoms with Gasteiger partial charge in [-0.05, 0) is 30.4 Å². The molecule has 1 fully saturated rings. The molecule has 7 heteroatoms. The maximum Gasteiger partial charge on any atom is 0.265 e. The minimum atomic E-state index is 0.0853. The molecule has 1 aliphatic rings. The summed E-state index contributed by atoms with van der Waals surface area (Å²) in [4.78, 5) is 20.9. The van der Waals surface area contributed by atoms with Crippen molar-refractivity contribution < 1.29 is 4.79 Å². The number of piperidine rings is 1. The fourth-order valence-corrected chi connectivity index (χ4v) is 4.58. The van der Waals surface area contributed by atoms with Crippen LogP contribution in [0, 0.1) is 0 Å². The minimum Gasteiger partial charge on any atom is -0.336 e. The average molecular weight is 344 g/mol. The third-order valence-electron chi connectivity index (χ3n) is 4.03. The molecule has 0 aromatic carbocycles. The fourth-order valence-electron chi connectivity index (χ4n) is 2.89. The van der Waals surface area contributed by atoms with Gasteiger partial charge in [0.05, 0.1) is 17.1 Å². The predicted octanol–water partition coefficient (Wildman–Crippen LogP) is 3.55. The molecule has 0 spiro atoms. The number of hydrogen-bond donors (Lipinski definition) is 0. The van der Waals surface area contributed by atoms with Crippen LogP contribution in [0.25, 0.3) is 9.88 Å². The molecule has 0 N–H and O–H groups in total. The zero-order valence-electron chi connectivity index (χ0n) is 12.5. The van der Waals surface area contributed by atoms with Crippen molar-refractivity contribution in [3.8, 4) is 9.88 Å². The first kappa shape index (κ1) is 14.6. The summed E-state index contributed by atoms with van der Waals surface area (Å²) < 4.78 is 1.96. The predicted molar refractivity (Wildman–Crippen MR) is 91.8 cm³/mol. The van der Waals surface area contributed by atoms with Crippen molar-refractivity contribution in [2.75, 3.05) is 13.1 Å². The van der Waals surface area contributed by atoms with Crippen LogP contribution in [-0.4, -0.2) is 38.7 Å². The first-order chi connectivity index (χ1) is 11.3. The summed E-state index contributed by atoms with van der Waals surface area (Å²) in [5, 5.41) is 7.26. The summed E-state index contributed by atoms with van der Waals surface area (Å²) in [6.45, 7) is 1.52. The highest BCUT2D eigenvalue weighted by Gasteiger charge is 2.27. The van der Waals surface area contributed by atoms with Gasteiger partial charge in [0.25, 0.3) is 5.91 Å². The molecule has 0 bridgehead atoms. The third kappa shape index (κ3) is 2.94. The number of thiazole rings is 1. The number of carbonyl (C=O) groups is 1. The van der Waals surface area contributed by atoms with E-state index in [1.807, 2.05) is 39.4 Å². The van der Waals surface area contributed by atoms with Crippen molar-refractivity contribution in [3.63, 3.8) is 0 Å². The number of likely N-dealkylation sites (tertiary alicyclic amines) is 1. The van der Waals surface area contributed by atoms with Gasteiger partial charge in [0.2, 0.25) is 0 Å². The number of rotatable bonds is 3. The molecule has 4 heterocycles. The topological polar surface area (TPSA) is 51.0 Å².